The van der Waals surface area contributed by atoms with Crippen LogP contribution < -0.4 is 4.74 Å². The molecule has 2 nitrogen and oxygen atoms in total. The van der Waals surface area contributed by atoms with Gasteiger partial charge in [0.15, 0.2) is 0 Å². The van der Waals surface area contributed by atoms with E-state index in [0.29, 0.717) is 6.04 Å². The standard InChI is InChI=1S/C13H16F3NO/c1-9(2)17-6-5-10-7-12(18-13(14,15)16)4-3-11(10)8-17/h3-4,7,9H,5-6,8H2,1-2H3. The monoisotopic (exact) mass is 259 g/mol. The average Bonchev–Trinajstić information content (AvgIpc) is 2.26. The molecule has 0 aromatic heterocycles. The molecule has 2 rings (SSSR count). The maximum atomic E-state index is 12.1. The van der Waals surface area contributed by atoms with E-state index >= 15 is 0 Å². The molecule has 0 radical (unpaired) electrons. The summed E-state index contributed by atoms with van der Waals surface area (Å²) in [6, 6.07) is 5.06. The SMILES string of the molecule is CC(C)N1CCc2cc(OC(F)(F)F)ccc2C1. The molecular weight excluding hydrogens is 243 g/mol. The van der Waals surface area contributed by atoms with Crippen molar-refractivity contribution in [2.45, 2.75) is 39.2 Å². The number of rotatable bonds is 2. The fourth-order valence-electron chi connectivity index (χ4n) is 2.19. The van der Waals surface area contributed by atoms with E-state index < -0.39 is 6.36 Å². The number of fused-ring (bicyclic) bond motifs is 1. The highest BCUT2D eigenvalue weighted by molar-refractivity contribution is 5.37. The molecule has 0 aliphatic carbocycles. The lowest BCUT2D eigenvalue weighted by atomic mass is 9.98. The first kappa shape index (κ1) is 13.2. The maximum Gasteiger partial charge on any atom is 0.573 e. The minimum absolute atomic E-state index is 0.126. The number of hydrogen-bond donors (Lipinski definition) is 0. The van der Waals surface area contributed by atoms with Gasteiger partial charge in [0, 0.05) is 19.1 Å². The molecular formula is C13H16F3NO. The van der Waals surface area contributed by atoms with Crippen molar-refractivity contribution in [2.24, 2.45) is 0 Å². The third-order valence-corrected chi connectivity index (χ3v) is 3.18. The van der Waals surface area contributed by atoms with Gasteiger partial charge in [-0.15, -0.1) is 13.2 Å². The van der Waals surface area contributed by atoms with Gasteiger partial charge in [-0.05, 0) is 43.5 Å². The van der Waals surface area contributed by atoms with Crippen LogP contribution in [-0.4, -0.2) is 23.8 Å². The number of hydrogen-bond acceptors (Lipinski definition) is 2. The smallest absolute Gasteiger partial charge is 0.406 e. The van der Waals surface area contributed by atoms with Gasteiger partial charge in [-0.3, -0.25) is 4.90 Å². The number of ether oxygens (including phenoxy) is 1. The quantitative estimate of drug-likeness (QED) is 0.807. The lowest BCUT2D eigenvalue weighted by molar-refractivity contribution is -0.274. The van der Waals surface area contributed by atoms with Crippen molar-refractivity contribution in [2.75, 3.05) is 6.54 Å². The molecule has 1 heterocycles. The van der Waals surface area contributed by atoms with Crippen molar-refractivity contribution < 1.29 is 17.9 Å². The molecule has 18 heavy (non-hydrogen) atoms. The Morgan fingerprint density at radius 1 is 1.22 bits per heavy atom. The Kier molecular flexibility index (Phi) is 3.52. The molecule has 0 spiro atoms. The largest absolute Gasteiger partial charge is 0.573 e. The summed E-state index contributed by atoms with van der Waals surface area (Å²) in [5.74, 6) is -0.126. The second-order valence-electron chi connectivity index (χ2n) is 4.79. The minimum Gasteiger partial charge on any atom is -0.406 e. The van der Waals surface area contributed by atoms with E-state index in [0.717, 1.165) is 30.6 Å². The highest BCUT2D eigenvalue weighted by Crippen LogP contribution is 2.28. The second kappa shape index (κ2) is 4.80. The summed E-state index contributed by atoms with van der Waals surface area (Å²) < 4.78 is 40.3. The van der Waals surface area contributed by atoms with Gasteiger partial charge in [0.1, 0.15) is 5.75 Å². The number of alkyl halides is 3. The van der Waals surface area contributed by atoms with Crippen molar-refractivity contribution in [1.29, 1.82) is 0 Å². The van der Waals surface area contributed by atoms with E-state index in [-0.39, 0.29) is 5.75 Å². The van der Waals surface area contributed by atoms with Crippen molar-refractivity contribution >= 4 is 0 Å². The van der Waals surface area contributed by atoms with E-state index in [1.807, 2.05) is 0 Å². The number of halogens is 3. The summed E-state index contributed by atoms with van der Waals surface area (Å²) in [7, 11) is 0. The third-order valence-electron chi connectivity index (χ3n) is 3.18. The molecule has 0 saturated carbocycles. The first-order chi connectivity index (χ1) is 8.35. The molecule has 1 aromatic carbocycles. The zero-order valence-corrected chi connectivity index (χ0v) is 10.4. The summed E-state index contributed by atoms with van der Waals surface area (Å²) in [5.41, 5.74) is 2.04. The van der Waals surface area contributed by atoms with E-state index in [9.17, 15) is 13.2 Å². The Labute approximate surface area is 104 Å². The van der Waals surface area contributed by atoms with E-state index in [4.69, 9.17) is 0 Å². The Bertz CT molecular complexity index is 429. The summed E-state index contributed by atoms with van der Waals surface area (Å²) >= 11 is 0. The Hall–Kier alpha value is -1.23. The van der Waals surface area contributed by atoms with Crippen molar-refractivity contribution in [1.82, 2.24) is 4.90 Å². The van der Waals surface area contributed by atoms with Crippen molar-refractivity contribution in [3.8, 4) is 5.75 Å². The molecule has 0 N–H and O–H groups in total. The predicted molar refractivity (Wildman–Crippen MR) is 62.4 cm³/mol. The fourth-order valence-corrected chi connectivity index (χ4v) is 2.19. The van der Waals surface area contributed by atoms with E-state index in [1.54, 1.807) is 6.07 Å². The van der Waals surface area contributed by atoms with Crippen LogP contribution in [0.3, 0.4) is 0 Å². The minimum atomic E-state index is -4.62. The molecule has 0 fully saturated rings. The molecule has 1 aromatic rings. The first-order valence-electron chi connectivity index (χ1n) is 5.97. The summed E-state index contributed by atoms with van der Waals surface area (Å²) in [5, 5.41) is 0. The molecule has 0 atom stereocenters. The average molecular weight is 259 g/mol. The summed E-state index contributed by atoms with van der Waals surface area (Å²) in [6.45, 7) is 5.90. The Morgan fingerprint density at radius 2 is 1.94 bits per heavy atom. The topological polar surface area (TPSA) is 12.5 Å². The number of benzene rings is 1. The number of nitrogens with zero attached hydrogens (tertiary/aromatic N) is 1. The van der Waals surface area contributed by atoms with Gasteiger partial charge >= 0.3 is 6.36 Å². The molecule has 100 valence electrons. The molecule has 1 aliphatic heterocycles. The van der Waals surface area contributed by atoms with E-state index in [1.165, 1.54) is 12.1 Å². The zero-order valence-electron chi connectivity index (χ0n) is 10.4. The van der Waals surface area contributed by atoms with Crippen LogP contribution in [0.15, 0.2) is 18.2 Å². The van der Waals surface area contributed by atoms with Gasteiger partial charge in [-0.25, -0.2) is 0 Å². The van der Waals surface area contributed by atoms with Gasteiger partial charge in [-0.1, -0.05) is 6.07 Å². The van der Waals surface area contributed by atoms with Crippen LogP contribution in [-0.2, 0) is 13.0 Å². The van der Waals surface area contributed by atoms with Crippen LogP contribution in [0.1, 0.15) is 25.0 Å². The van der Waals surface area contributed by atoms with Crippen LogP contribution in [0.5, 0.6) is 5.75 Å². The van der Waals surface area contributed by atoms with Crippen LogP contribution in [0.4, 0.5) is 13.2 Å². The van der Waals surface area contributed by atoms with Crippen LogP contribution in [0.2, 0.25) is 0 Å². The lowest BCUT2D eigenvalue weighted by Gasteiger charge is -2.32. The van der Waals surface area contributed by atoms with E-state index in [2.05, 4.69) is 23.5 Å². The van der Waals surface area contributed by atoms with Gasteiger partial charge in [0.25, 0.3) is 0 Å². The molecule has 0 unspecified atom stereocenters. The van der Waals surface area contributed by atoms with Gasteiger partial charge in [0.05, 0.1) is 0 Å². The molecule has 5 heteroatoms. The summed E-state index contributed by atoms with van der Waals surface area (Å²) in [4.78, 5) is 2.30. The molecule has 0 saturated heterocycles. The Balaban J connectivity index is 2.15. The fraction of sp³-hybridized carbons (Fsp3) is 0.538. The van der Waals surface area contributed by atoms with Crippen LogP contribution in [0, 0.1) is 0 Å². The molecule has 0 bridgehead atoms. The summed E-state index contributed by atoms with van der Waals surface area (Å²) in [6.07, 6.45) is -3.85. The lowest BCUT2D eigenvalue weighted by Crippen LogP contribution is -2.35. The second-order valence-corrected chi connectivity index (χ2v) is 4.79. The highest BCUT2D eigenvalue weighted by Gasteiger charge is 2.31. The molecule has 0 amide bonds. The van der Waals surface area contributed by atoms with Crippen molar-refractivity contribution in [3.63, 3.8) is 0 Å². The molecule has 1 aliphatic rings. The highest BCUT2D eigenvalue weighted by atomic mass is 19.4. The van der Waals surface area contributed by atoms with Gasteiger partial charge < -0.3 is 4.74 Å². The first-order valence-corrected chi connectivity index (χ1v) is 5.97. The zero-order chi connectivity index (χ0) is 13.3. The van der Waals surface area contributed by atoms with Gasteiger partial charge in [-0.2, -0.15) is 0 Å². The van der Waals surface area contributed by atoms with Crippen molar-refractivity contribution in [3.05, 3.63) is 29.3 Å². The maximum absolute atomic E-state index is 12.1. The third kappa shape index (κ3) is 3.16. The normalized spacial score (nSPS) is 16.8. The predicted octanol–water partition coefficient (Wildman–Crippen LogP) is 3.35. The van der Waals surface area contributed by atoms with Gasteiger partial charge in [0.2, 0.25) is 0 Å². The van der Waals surface area contributed by atoms with Crippen LogP contribution in [0.25, 0.3) is 0 Å². The van der Waals surface area contributed by atoms with Crippen LogP contribution >= 0.6 is 0 Å². The Morgan fingerprint density at radius 3 is 2.56 bits per heavy atom.